The van der Waals surface area contributed by atoms with E-state index in [0.717, 1.165) is 23.8 Å². The smallest absolute Gasteiger partial charge is 0.106 e. The van der Waals surface area contributed by atoms with Gasteiger partial charge in [0.25, 0.3) is 0 Å². The summed E-state index contributed by atoms with van der Waals surface area (Å²) in [6.45, 7) is 1.61. The molecule has 2 heterocycles. The van der Waals surface area contributed by atoms with Crippen LogP contribution in [0.5, 0.6) is 0 Å². The second-order valence-corrected chi connectivity index (χ2v) is 3.99. The van der Waals surface area contributed by atoms with Gasteiger partial charge >= 0.3 is 0 Å². The molecule has 0 aliphatic carbocycles. The highest BCUT2D eigenvalue weighted by Gasteiger charge is 1.97. The summed E-state index contributed by atoms with van der Waals surface area (Å²) in [7, 11) is 1.92. The second kappa shape index (κ2) is 4.34. The fraction of sp³-hybridized carbons (Fsp3) is 0.333. The van der Waals surface area contributed by atoms with E-state index in [-0.39, 0.29) is 0 Å². The summed E-state index contributed by atoms with van der Waals surface area (Å²) in [6.07, 6.45) is 3.77. The normalized spacial score (nSPS) is 10.6. The van der Waals surface area contributed by atoms with Crippen LogP contribution in [-0.2, 0) is 20.1 Å². The number of aryl methyl sites for hydroxylation is 1. The zero-order chi connectivity index (χ0) is 9.80. The Kier molecular flexibility index (Phi) is 2.90. The summed E-state index contributed by atoms with van der Waals surface area (Å²) in [5.74, 6) is 0. The van der Waals surface area contributed by atoms with Crippen LogP contribution in [0.15, 0.2) is 23.8 Å². The van der Waals surface area contributed by atoms with E-state index in [2.05, 4.69) is 15.4 Å². The molecule has 0 saturated carbocycles. The SMILES string of the molecule is Cn1ccc(CNCc2nccs2)n1. The van der Waals surface area contributed by atoms with Crippen molar-refractivity contribution in [1.82, 2.24) is 20.1 Å². The molecule has 0 bridgehead atoms. The minimum absolute atomic E-state index is 0.792. The lowest BCUT2D eigenvalue weighted by Gasteiger charge is -1.98. The average molecular weight is 208 g/mol. The first-order valence-corrected chi connectivity index (χ1v) is 5.30. The van der Waals surface area contributed by atoms with Crippen LogP contribution in [0, 0.1) is 0 Å². The van der Waals surface area contributed by atoms with Gasteiger partial charge in [-0.1, -0.05) is 0 Å². The fourth-order valence-corrected chi connectivity index (χ4v) is 1.78. The summed E-state index contributed by atoms with van der Waals surface area (Å²) in [4.78, 5) is 4.18. The number of aromatic nitrogens is 3. The number of hydrogen-bond acceptors (Lipinski definition) is 4. The first-order valence-electron chi connectivity index (χ1n) is 4.42. The van der Waals surface area contributed by atoms with E-state index in [4.69, 9.17) is 0 Å². The number of thiazole rings is 1. The molecule has 0 unspecified atom stereocenters. The Labute approximate surface area is 86.6 Å². The van der Waals surface area contributed by atoms with Crippen LogP contribution >= 0.6 is 11.3 Å². The molecule has 0 amide bonds. The van der Waals surface area contributed by atoms with Gasteiger partial charge in [-0.05, 0) is 6.07 Å². The Hall–Kier alpha value is -1.20. The predicted octanol–water partition coefficient (Wildman–Crippen LogP) is 1.17. The highest BCUT2D eigenvalue weighted by Crippen LogP contribution is 2.03. The molecule has 2 aromatic rings. The summed E-state index contributed by atoms with van der Waals surface area (Å²) in [5, 5.41) is 10.7. The molecule has 0 atom stereocenters. The van der Waals surface area contributed by atoms with E-state index in [1.54, 1.807) is 16.0 Å². The third-order valence-electron chi connectivity index (χ3n) is 1.83. The van der Waals surface area contributed by atoms with Gasteiger partial charge in [-0.25, -0.2) is 4.98 Å². The van der Waals surface area contributed by atoms with Crippen molar-refractivity contribution in [2.45, 2.75) is 13.1 Å². The molecule has 0 aromatic carbocycles. The standard InChI is InChI=1S/C9H12N4S/c1-13-4-2-8(12-13)6-10-7-9-11-3-5-14-9/h2-5,10H,6-7H2,1H3. The van der Waals surface area contributed by atoms with E-state index in [1.807, 2.05) is 30.9 Å². The van der Waals surface area contributed by atoms with E-state index in [9.17, 15) is 0 Å². The first kappa shape index (κ1) is 9.36. The van der Waals surface area contributed by atoms with Crippen LogP contribution < -0.4 is 5.32 Å². The molecule has 0 aliphatic rings. The lowest BCUT2D eigenvalue weighted by molar-refractivity contribution is 0.654. The van der Waals surface area contributed by atoms with Gasteiger partial charge in [0, 0.05) is 37.9 Å². The van der Waals surface area contributed by atoms with Crippen molar-refractivity contribution in [2.24, 2.45) is 7.05 Å². The van der Waals surface area contributed by atoms with Gasteiger partial charge in [-0.2, -0.15) is 5.10 Å². The quantitative estimate of drug-likeness (QED) is 0.820. The molecule has 74 valence electrons. The largest absolute Gasteiger partial charge is 0.305 e. The van der Waals surface area contributed by atoms with Gasteiger partial charge < -0.3 is 5.32 Å². The number of nitrogens with one attached hydrogen (secondary N) is 1. The third-order valence-corrected chi connectivity index (χ3v) is 2.61. The zero-order valence-corrected chi connectivity index (χ0v) is 8.79. The fourth-order valence-electron chi connectivity index (χ4n) is 1.20. The maximum Gasteiger partial charge on any atom is 0.106 e. The Bertz CT molecular complexity index is 379. The monoisotopic (exact) mass is 208 g/mol. The molecule has 0 aliphatic heterocycles. The molecule has 0 radical (unpaired) electrons. The number of rotatable bonds is 4. The van der Waals surface area contributed by atoms with Gasteiger partial charge in [0.05, 0.1) is 5.69 Å². The third kappa shape index (κ3) is 2.40. The van der Waals surface area contributed by atoms with Crippen LogP contribution in [-0.4, -0.2) is 14.8 Å². The molecule has 1 N–H and O–H groups in total. The van der Waals surface area contributed by atoms with E-state index >= 15 is 0 Å². The molecule has 0 saturated heterocycles. The minimum atomic E-state index is 0.792. The minimum Gasteiger partial charge on any atom is -0.305 e. The highest BCUT2D eigenvalue weighted by molar-refractivity contribution is 7.09. The average Bonchev–Trinajstić information content (AvgIpc) is 2.77. The van der Waals surface area contributed by atoms with Gasteiger partial charge in [0.2, 0.25) is 0 Å². The molecule has 0 spiro atoms. The van der Waals surface area contributed by atoms with Crippen molar-refractivity contribution in [2.75, 3.05) is 0 Å². The molecular weight excluding hydrogens is 196 g/mol. The van der Waals surface area contributed by atoms with Crippen molar-refractivity contribution in [1.29, 1.82) is 0 Å². The Morgan fingerprint density at radius 2 is 2.43 bits per heavy atom. The summed E-state index contributed by atoms with van der Waals surface area (Å²) in [5.41, 5.74) is 1.06. The van der Waals surface area contributed by atoms with Crippen molar-refractivity contribution >= 4 is 11.3 Å². The van der Waals surface area contributed by atoms with E-state index in [0.29, 0.717) is 0 Å². The predicted molar refractivity (Wildman–Crippen MR) is 55.9 cm³/mol. The number of nitrogens with zero attached hydrogens (tertiary/aromatic N) is 3. The van der Waals surface area contributed by atoms with Crippen LogP contribution in [0.4, 0.5) is 0 Å². The van der Waals surface area contributed by atoms with Crippen molar-refractivity contribution in [3.63, 3.8) is 0 Å². The lowest BCUT2D eigenvalue weighted by Crippen LogP contribution is -2.13. The maximum atomic E-state index is 4.27. The summed E-state index contributed by atoms with van der Waals surface area (Å²) >= 11 is 1.66. The first-order chi connectivity index (χ1) is 6.84. The summed E-state index contributed by atoms with van der Waals surface area (Å²) in [6, 6.07) is 2.01. The van der Waals surface area contributed by atoms with Crippen LogP contribution in [0.3, 0.4) is 0 Å². The Morgan fingerprint density at radius 1 is 1.50 bits per heavy atom. The van der Waals surface area contributed by atoms with Crippen molar-refractivity contribution in [3.05, 3.63) is 34.5 Å². The van der Waals surface area contributed by atoms with Crippen LogP contribution in [0.2, 0.25) is 0 Å². The summed E-state index contributed by atoms with van der Waals surface area (Å²) < 4.78 is 1.81. The Morgan fingerprint density at radius 3 is 3.07 bits per heavy atom. The molecular formula is C9H12N4S. The Balaban J connectivity index is 1.78. The molecule has 4 nitrogen and oxygen atoms in total. The van der Waals surface area contributed by atoms with Crippen molar-refractivity contribution < 1.29 is 0 Å². The van der Waals surface area contributed by atoms with Crippen LogP contribution in [0.1, 0.15) is 10.7 Å². The molecule has 2 rings (SSSR count). The topological polar surface area (TPSA) is 42.7 Å². The molecule has 2 aromatic heterocycles. The molecule has 5 heteroatoms. The molecule has 0 fully saturated rings. The van der Waals surface area contributed by atoms with Gasteiger partial charge in [-0.15, -0.1) is 11.3 Å². The number of hydrogen-bond donors (Lipinski definition) is 1. The zero-order valence-electron chi connectivity index (χ0n) is 7.97. The highest BCUT2D eigenvalue weighted by atomic mass is 32.1. The van der Waals surface area contributed by atoms with Gasteiger partial charge in [0.1, 0.15) is 5.01 Å². The van der Waals surface area contributed by atoms with Gasteiger partial charge in [0.15, 0.2) is 0 Å². The van der Waals surface area contributed by atoms with E-state index < -0.39 is 0 Å². The lowest BCUT2D eigenvalue weighted by atomic mass is 10.4. The molecule has 14 heavy (non-hydrogen) atoms. The maximum absolute atomic E-state index is 4.27. The van der Waals surface area contributed by atoms with Crippen molar-refractivity contribution in [3.8, 4) is 0 Å². The second-order valence-electron chi connectivity index (χ2n) is 3.01. The van der Waals surface area contributed by atoms with E-state index in [1.165, 1.54) is 0 Å². The van der Waals surface area contributed by atoms with Crippen LogP contribution in [0.25, 0.3) is 0 Å². The van der Waals surface area contributed by atoms with Gasteiger partial charge in [-0.3, -0.25) is 4.68 Å².